The average Bonchev–Trinajstić information content (AvgIpc) is 2.31. The largest absolute Gasteiger partial charge is 0.396 e. The van der Waals surface area contributed by atoms with Crippen LogP contribution >= 0.6 is 15.9 Å². The zero-order valence-electron chi connectivity index (χ0n) is 11.1. The number of aliphatic hydroxyl groups excluding tert-OH is 1. The van der Waals surface area contributed by atoms with Gasteiger partial charge in [0.2, 0.25) is 0 Å². The van der Waals surface area contributed by atoms with Gasteiger partial charge in [-0.25, -0.2) is 0 Å². The number of halogens is 1. The molecule has 100 valence electrons. The van der Waals surface area contributed by atoms with E-state index in [9.17, 15) is 4.79 Å². The SMILES string of the molecule is Cc1cc(C(=O)NC(C)CCCO)c(C)cc1Br. The number of benzene rings is 1. The highest BCUT2D eigenvalue weighted by Gasteiger charge is 2.13. The molecule has 1 aromatic rings. The Balaban J connectivity index is 2.75. The van der Waals surface area contributed by atoms with Crippen molar-refractivity contribution in [2.75, 3.05) is 6.61 Å². The summed E-state index contributed by atoms with van der Waals surface area (Å²) in [6, 6.07) is 3.93. The molecule has 0 aliphatic carbocycles. The standard InChI is InChI=1S/C14H20BrNO2/c1-9-8-13(15)10(2)7-12(9)14(18)16-11(3)5-4-6-17/h7-8,11,17H,4-6H2,1-3H3,(H,16,18). The van der Waals surface area contributed by atoms with Gasteiger partial charge >= 0.3 is 0 Å². The maximum Gasteiger partial charge on any atom is 0.251 e. The minimum atomic E-state index is -0.0476. The van der Waals surface area contributed by atoms with Crippen molar-refractivity contribution in [1.82, 2.24) is 5.32 Å². The minimum Gasteiger partial charge on any atom is -0.396 e. The van der Waals surface area contributed by atoms with Crippen molar-refractivity contribution < 1.29 is 9.90 Å². The van der Waals surface area contributed by atoms with Crippen LogP contribution in [0.4, 0.5) is 0 Å². The highest BCUT2D eigenvalue weighted by atomic mass is 79.9. The van der Waals surface area contributed by atoms with E-state index < -0.39 is 0 Å². The first-order valence-corrected chi connectivity index (χ1v) is 6.93. The first-order chi connectivity index (χ1) is 8.45. The molecule has 1 unspecified atom stereocenters. The molecule has 1 amide bonds. The molecule has 0 fully saturated rings. The second-order valence-electron chi connectivity index (χ2n) is 4.66. The van der Waals surface area contributed by atoms with Crippen LogP contribution in [0.25, 0.3) is 0 Å². The van der Waals surface area contributed by atoms with Gasteiger partial charge in [0, 0.05) is 22.7 Å². The van der Waals surface area contributed by atoms with E-state index in [-0.39, 0.29) is 18.6 Å². The Bertz CT molecular complexity index is 432. The van der Waals surface area contributed by atoms with Gasteiger partial charge in [0.05, 0.1) is 0 Å². The van der Waals surface area contributed by atoms with E-state index in [0.29, 0.717) is 12.0 Å². The normalized spacial score (nSPS) is 12.3. The van der Waals surface area contributed by atoms with Crippen molar-refractivity contribution in [3.8, 4) is 0 Å². The van der Waals surface area contributed by atoms with E-state index >= 15 is 0 Å². The molecule has 2 N–H and O–H groups in total. The van der Waals surface area contributed by atoms with Gasteiger partial charge in [-0.05, 0) is 56.9 Å². The van der Waals surface area contributed by atoms with Crippen LogP contribution in [0.2, 0.25) is 0 Å². The van der Waals surface area contributed by atoms with Gasteiger partial charge in [-0.1, -0.05) is 15.9 Å². The van der Waals surface area contributed by atoms with Gasteiger partial charge in [0.1, 0.15) is 0 Å². The Morgan fingerprint density at radius 2 is 2.06 bits per heavy atom. The summed E-state index contributed by atoms with van der Waals surface area (Å²) < 4.78 is 1.02. The number of carbonyl (C=O) groups excluding carboxylic acids is 1. The third-order valence-electron chi connectivity index (χ3n) is 2.92. The number of carbonyl (C=O) groups is 1. The maximum absolute atomic E-state index is 12.1. The molecular weight excluding hydrogens is 294 g/mol. The van der Waals surface area contributed by atoms with Crippen LogP contribution in [0, 0.1) is 13.8 Å². The molecular formula is C14H20BrNO2. The monoisotopic (exact) mass is 313 g/mol. The van der Waals surface area contributed by atoms with E-state index in [1.807, 2.05) is 32.9 Å². The van der Waals surface area contributed by atoms with Crippen molar-refractivity contribution in [2.24, 2.45) is 0 Å². The molecule has 0 radical (unpaired) electrons. The number of rotatable bonds is 5. The number of hydrogen-bond donors (Lipinski definition) is 2. The molecule has 0 aromatic heterocycles. The number of aryl methyl sites for hydroxylation is 2. The van der Waals surface area contributed by atoms with Crippen molar-refractivity contribution in [1.29, 1.82) is 0 Å². The fourth-order valence-electron chi connectivity index (χ4n) is 1.80. The maximum atomic E-state index is 12.1. The fourth-order valence-corrected chi connectivity index (χ4v) is 2.25. The van der Waals surface area contributed by atoms with Gasteiger partial charge in [-0.15, -0.1) is 0 Å². The highest BCUT2D eigenvalue weighted by Crippen LogP contribution is 2.21. The summed E-state index contributed by atoms with van der Waals surface area (Å²) in [5, 5.41) is 11.7. The van der Waals surface area contributed by atoms with Crippen molar-refractivity contribution in [3.63, 3.8) is 0 Å². The molecule has 0 heterocycles. The Kier molecular flexibility index (Phi) is 5.82. The lowest BCUT2D eigenvalue weighted by atomic mass is 10.0. The van der Waals surface area contributed by atoms with Gasteiger partial charge in [-0.2, -0.15) is 0 Å². The van der Waals surface area contributed by atoms with Gasteiger partial charge in [-0.3, -0.25) is 4.79 Å². The molecule has 3 nitrogen and oxygen atoms in total. The lowest BCUT2D eigenvalue weighted by Crippen LogP contribution is -2.33. The third kappa shape index (κ3) is 4.10. The molecule has 0 saturated heterocycles. The molecule has 18 heavy (non-hydrogen) atoms. The highest BCUT2D eigenvalue weighted by molar-refractivity contribution is 9.10. The molecule has 0 bridgehead atoms. The molecule has 4 heteroatoms. The van der Waals surface area contributed by atoms with Crippen LogP contribution in [0.15, 0.2) is 16.6 Å². The zero-order chi connectivity index (χ0) is 13.7. The number of aliphatic hydroxyl groups is 1. The first-order valence-electron chi connectivity index (χ1n) is 6.14. The summed E-state index contributed by atoms with van der Waals surface area (Å²) >= 11 is 3.45. The lowest BCUT2D eigenvalue weighted by molar-refractivity contribution is 0.0935. The van der Waals surface area contributed by atoms with Crippen LogP contribution in [0.5, 0.6) is 0 Å². The summed E-state index contributed by atoms with van der Waals surface area (Å²) in [6.45, 7) is 6.01. The quantitative estimate of drug-likeness (QED) is 0.878. The second kappa shape index (κ2) is 6.90. The second-order valence-corrected chi connectivity index (χ2v) is 5.51. The van der Waals surface area contributed by atoms with E-state index in [4.69, 9.17) is 5.11 Å². The number of nitrogens with one attached hydrogen (secondary N) is 1. The Morgan fingerprint density at radius 3 is 2.67 bits per heavy atom. The lowest BCUT2D eigenvalue weighted by Gasteiger charge is -2.15. The predicted octanol–water partition coefficient (Wildman–Crippen LogP) is 2.96. The van der Waals surface area contributed by atoms with E-state index in [0.717, 1.165) is 22.0 Å². The number of amides is 1. The number of hydrogen-bond acceptors (Lipinski definition) is 2. The van der Waals surface area contributed by atoms with Crippen molar-refractivity contribution in [2.45, 2.75) is 39.7 Å². The average molecular weight is 314 g/mol. The molecule has 1 rings (SSSR count). The van der Waals surface area contributed by atoms with Crippen LogP contribution in [-0.4, -0.2) is 23.7 Å². The Hall–Kier alpha value is -0.870. The van der Waals surface area contributed by atoms with Crippen LogP contribution in [0.1, 0.15) is 41.3 Å². The van der Waals surface area contributed by atoms with Crippen LogP contribution < -0.4 is 5.32 Å². The van der Waals surface area contributed by atoms with Gasteiger partial charge in [0.15, 0.2) is 0 Å². The Labute approximate surface area is 117 Å². The topological polar surface area (TPSA) is 49.3 Å². The third-order valence-corrected chi connectivity index (χ3v) is 3.78. The predicted molar refractivity (Wildman–Crippen MR) is 76.9 cm³/mol. The van der Waals surface area contributed by atoms with Crippen LogP contribution in [-0.2, 0) is 0 Å². The smallest absolute Gasteiger partial charge is 0.251 e. The summed E-state index contributed by atoms with van der Waals surface area (Å²) in [5.74, 6) is -0.0476. The van der Waals surface area contributed by atoms with Gasteiger partial charge in [0.25, 0.3) is 5.91 Å². The molecule has 1 aromatic carbocycles. The summed E-state index contributed by atoms with van der Waals surface area (Å²) in [4.78, 5) is 12.1. The molecule has 0 aliphatic heterocycles. The summed E-state index contributed by atoms with van der Waals surface area (Å²) in [6.07, 6.45) is 1.50. The van der Waals surface area contributed by atoms with E-state index in [1.165, 1.54) is 0 Å². The van der Waals surface area contributed by atoms with Crippen LogP contribution in [0.3, 0.4) is 0 Å². The van der Waals surface area contributed by atoms with E-state index in [2.05, 4.69) is 21.2 Å². The van der Waals surface area contributed by atoms with E-state index in [1.54, 1.807) is 0 Å². The first kappa shape index (κ1) is 15.2. The fraction of sp³-hybridized carbons (Fsp3) is 0.500. The van der Waals surface area contributed by atoms with Gasteiger partial charge < -0.3 is 10.4 Å². The molecule has 0 spiro atoms. The zero-order valence-corrected chi connectivity index (χ0v) is 12.7. The summed E-state index contributed by atoms with van der Waals surface area (Å²) in [7, 11) is 0. The summed E-state index contributed by atoms with van der Waals surface area (Å²) in [5.41, 5.74) is 2.72. The molecule has 1 atom stereocenters. The Morgan fingerprint density at radius 1 is 1.39 bits per heavy atom. The minimum absolute atomic E-state index is 0.0476. The molecule has 0 aliphatic rings. The molecule has 0 saturated carbocycles. The van der Waals surface area contributed by atoms with Crippen molar-refractivity contribution in [3.05, 3.63) is 33.3 Å². The van der Waals surface area contributed by atoms with Crippen molar-refractivity contribution >= 4 is 21.8 Å².